The van der Waals surface area contributed by atoms with Crippen LogP contribution in [0.5, 0.6) is 0 Å². The zero-order valence-electron chi connectivity index (χ0n) is 16.5. The van der Waals surface area contributed by atoms with E-state index >= 15 is 0 Å². The van der Waals surface area contributed by atoms with Crippen LogP contribution < -0.4 is 5.32 Å². The van der Waals surface area contributed by atoms with E-state index in [0.29, 0.717) is 0 Å². The van der Waals surface area contributed by atoms with Gasteiger partial charge in [0, 0.05) is 16.9 Å². The van der Waals surface area contributed by atoms with E-state index in [1.54, 1.807) is 6.33 Å². The summed E-state index contributed by atoms with van der Waals surface area (Å²) in [5, 5.41) is 2.99. The smallest absolute Gasteiger partial charge is 0.238 e. The molecule has 1 amide bonds. The fourth-order valence-corrected chi connectivity index (χ4v) is 3.87. The molecule has 4 aromatic rings. The number of para-hydroxylation sites is 1. The maximum Gasteiger partial charge on any atom is 0.238 e. The first kappa shape index (κ1) is 18.1. The molecule has 0 saturated carbocycles. The van der Waals surface area contributed by atoms with E-state index in [4.69, 9.17) is 4.99 Å². The number of aromatic nitrogens is 2. The van der Waals surface area contributed by atoms with Gasteiger partial charge in [0.25, 0.3) is 0 Å². The number of nitrogens with one attached hydrogen (secondary N) is 2. The summed E-state index contributed by atoms with van der Waals surface area (Å²) >= 11 is 0. The van der Waals surface area contributed by atoms with Crippen molar-refractivity contribution in [2.24, 2.45) is 4.99 Å². The van der Waals surface area contributed by atoms with Gasteiger partial charge in [0.15, 0.2) is 0 Å². The van der Waals surface area contributed by atoms with E-state index in [2.05, 4.69) is 15.3 Å². The maximum absolute atomic E-state index is 12.9. The lowest BCUT2D eigenvalue weighted by molar-refractivity contribution is -0.115. The van der Waals surface area contributed by atoms with Crippen molar-refractivity contribution in [2.45, 2.75) is 12.8 Å². The summed E-state index contributed by atoms with van der Waals surface area (Å²) in [7, 11) is 0. The van der Waals surface area contributed by atoms with Crippen LogP contribution in [0.2, 0.25) is 0 Å². The van der Waals surface area contributed by atoms with Gasteiger partial charge in [-0.05, 0) is 36.2 Å². The van der Waals surface area contributed by atoms with Crippen molar-refractivity contribution in [1.29, 1.82) is 0 Å². The highest BCUT2D eigenvalue weighted by Gasteiger charge is 2.35. The number of aromatic amines is 1. The first-order chi connectivity index (χ1) is 14.7. The summed E-state index contributed by atoms with van der Waals surface area (Å²) in [6.45, 7) is 2.00. The summed E-state index contributed by atoms with van der Waals surface area (Å²) in [5.74, 6) is -0.501. The fourth-order valence-electron chi connectivity index (χ4n) is 3.87. The standard InChI is InChI=1S/C25H20N4O/c1-16-23(27-15-26-16)18-11-13-19(14-12-18)28-24(17-7-3-2-4-8-17)22-20-9-5-6-10-21(20)29-25(22)30/h2-15,22H,1H3,(H,26,27)(H,29,30). The molecule has 1 aromatic heterocycles. The second kappa shape index (κ2) is 7.44. The number of nitrogens with zero attached hydrogens (tertiary/aromatic N) is 2. The number of fused-ring (bicyclic) bond motifs is 1. The van der Waals surface area contributed by atoms with E-state index in [1.165, 1.54) is 0 Å². The van der Waals surface area contributed by atoms with Gasteiger partial charge >= 0.3 is 0 Å². The van der Waals surface area contributed by atoms with Crippen LogP contribution in [0, 0.1) is 6.92 Å². The van der Waals surface area contributed by atoms with Crippen LogP contribution in [0.4, 0.5) is 11.4 Å². The molecule has 1 atom stereocenters. The Hall–Kier alpha value is -3.99. The topological polar surface area (TPSA) is 70.1 Å². The molecule has 5 rings (SSSR count). The van der Waals surface area contributed by atoms with Gasteiger partial charge in [0.05, 0.1) is 23.4 Å². The minimum absolute atomic E-state index is 0.0532. The molecule has 1 unspecified atom stereocenters. The van der Waals surface area contributed by atoms with Crippen molar-refractivity contribution >= 4 is 23.0 Å². The molecule has 5 heteroatoms. The molecule has 1 aliphatic heterocycles. The third kappa shape index (κ3) is 3.20. The number of amides is 1. The van der Waals surface area contributed by atoms with Crippen LogP contribution >= 0.6 is 0 Å². The molecule has 0 saturated heterocycles. The molecule has 1 aliphatic rings. The number of rotatable bonds is 4. The quantitative estimate of drug-likeness (QED) is 0.466. The molecule has 3 aromatic carbocycles. The van der Waals surface area contributed by atoms with Gasteiger partial charge < -0.3 is 10.3 Å². The minimum atomic E-state index is -0.447. The van der Waals surface area contributed by atoms with Crippen LogP contribution in [-0.4, -0.2) is 21.6 Å². The molecule has 5 nitrogen and oxygen atoms in total. The molecule has 0 spiro atoms. The lowest BCUT2D eigenvalue weighted by atomic mass is 9.90. The molecule has 0 fully saturated rings. The number of aryl methyl sites for hydroxylation is 1. The second-order valence-corrected chi connectivity index (χ2v) is 7.30. The van der Waals surface area contributed by atoms with Crippen molar-refractivity contribution in [1.82, 2.24) is 9.97 Å². The number of H-pyrrole nitrogens is 1. The molecule has 0 bridgehead atoms. The number of imidazole rings is 1. The van der Waals surface area contributed by atoms with Crippen LogP contribution in [0.1, 0.15) is 22.7 Å². The largest absolute Gasteiger partial charge is 0.348 e. The number of benzene rings is 3. The highest BCUT2D eigenvalue weighted by Crippen LogP contribution is 2.36. The monoisotopic (exact) mass is 392 g/mol. The van der Waals surface area contributed by atoms with Gasteiger partial charge in [-0.1, -0.05) is 60.7 Å². The van der Waals surface area contributed by atoms with E-state index in [9.17, 15) is 4.79 Å². The lowest BCUT2D eigenvalue weighted by Crippen LogP contribution is -2.21. The average Bonchev–Trinajstić information content (AvgIpc) is 3.35. The van der Waals surface area contributed by atoms with Crippen LogP contribution in [0.3, 0.4) is 0 Å². The number of carbonyl (C=O) groups excluding carboxylic acids is 1. The Morgan fingerprint density at radius 1 is 0.933 bits per heavy atom. The van der Waals surface area contributed by atoms with E-state index in [-0.39, 0.29) is 5.91 Å². The zero-order chi connectivity index (χ0) is 20.5. The Kier molecular flexibility index (Phi) is 4.48. The summed E-state index contributed by atoms with van der Waals surface area (Å²) in [4.78, 5) is 25.3. The number of aliphatic imine (C=N–C) groups is 1. The highest BCUT2D eigenvalue weighted by molar-refractivity contribution is 6.24. The lowest BCUT2D eigenvalue weighted by Gasteiger charge is -2.14. The number of hydrogen-bond donors (Lipinski definition) is 2. The van der Waals surface area contributed by atoms with Gasteiger partial charge in [0.1, 0.15) is 5.92 Å². The SMILES string of the molecule is Cc1[nH]cnc1-c1ccc(N=C(c2ccccc2)C2C(=O)Nc3ccccc32)cc1. The first-order valence-electron chi connectivity index (χ1n) is 9.85. The first-order valence-corrected chi connectivity index (χ1v) is 9.85. The van der Waals surface area contributed by atoms with E-state index in [0.717, 1.165) is 45.2 Å². The van der Waals surface area contributed by atoms with E-state index < -0.39 is 5.92 Å². The summed E-state index contributed by atoms with van der Waals surface area (Å²) in [5.41, 5.74) is 7.24. The van der Waals surface area contributed by atoms with Crippen molar-refractivity contribution < 1.29 is 4.79 Å². The average molecular weight is 392 g/mol. The van der Waals surface area contributed by atoms with Crippen LogP contribution in [-0.2, 0) is 4.79 Å². The predicted molar refractivity (Wildman–Crippen MR) is 119 cm³/mol. The zero-order valence-corrected chi connectivity index (χ0v) is 16.5. The number of carbonyl (C=O) groups is 1. The van der Waals surface area contributed by atoms with Crippen molar-refractivity contribution in [2.75, 3.05) is 5.32 Å². The maximum atomic E-state index is 12.9. The van der Waals surface area contributed by atoms with Crippen molar-refractivity contribution in [3.05, 3.63) is 102 Å². The summed E-state index contributed by atoms with van der Waals surface area (Å²) in [6.07, 6.45) is 1.69. The van der Waals surface area contributed by atoms with Gasteiger partial charge in [-0.3, -0.25) is 9.79 Å². The Labute approximate surface area is 174 Å². The second-order valence-electron chi connectivity index (χ2n) is 7.30. The predicted octanol–water partition coefficient (Wildman–Crippen LogP) is 5.24. The Balaban J connectivity index is 1.59. The van der Waals surface area contributed by atoms with Crippen LogP contribution in [0.15, 0.2) is 90.2 Å². The molecular weight excluding hydrogens is 372 g/mol. The molecule has 0 radical (unpaired) electrons. The third-order valence-corrected chi connectivity index (χ3v) is 5.36. The highest BCUT2D eigenvalue weighted by atomic mass is 16.2. The molecule has 146 valence electrons. The summed E-state index contributed by atoms with van der Waals surface area (Å²) < 4.78 is 0. The molecule has 30 heavy (non-hydrogen) atoms. The fraction of sp³-hybridized carbons (Fsp3) is 0.0800. The van der Waals surface area contributed by atoms with Crippen LogP contribution in [0.25, 0.3) is 11.3 Å². The Bertz CT molecular complexity index is 1240. The minimum Gasteiger partial charge on any atom is -0.348 e. The molecule has 2 heterocycles. The normalized spacial score (nSPS) is 15.7. The third-order valence-electron chi connectivity index (χ3n) is 5.36. The van der Waals surface area contributed by atoms with E-state index in [1.807, 2.05) is 85.8 Å². The van der Waals surface area contributed by atoms with Crippen molar-refractivity contribution in [3.63, 3.8) is 0 Å². The number of anilines is 1. The molecule has 2 N–H and O–H groups in total. The van der Waals surface area contributed by atoms with Crippen molar-refractivity contribution in [3.8, 4) is 11.3 Å². The van der Waals surface area contributed by atoms with Gasteiger partial charge in [-0.15, -0.1) is 0 Å². The summed E-state index contributed by atoms with van der Waals surface area (Å²) in [6, 6.07) is 25.6. The molecular formula is C25H20N4O. The van der Waals surface area contributed by atoms with Gasteiger partial charge in [-0.25, -0.2) is 4.98 Å². The Morgan fingerprint density at radius 2 is 1.67 bits per heavy atom. The molecule has 0 aliphatic carbocycles. The van der Waals surface area contributed by atoms with Gasteiger partial charge in [-0.2, -0.15) is 0 Å². The number of hydrogen-bond acceptors (Lipinski definition) is 3. The van der Waals surface area contributed by atoms with Gasteiger partial charge in [0.2, 0.25) is 5.91 Å². The Morgan fingerprint density at radius 3 is 2.40 bits per heavy atom.